The number of carbonyl (C=O) groups excluding carboxylic acids is 2. The molecule has 1 saturated heterocycles. The number of rotatable bonds is 4. The zero-order valence-corrected chi connectivity index (χ0v) is 16.7. The van der Waals surface area contributed by atoms with E-state index in [2.05, 4.69) is 22.0 Å². The van der Waals surface area contributed by atoms with E-state index in [1.165, 1.54) is 0 Å². The predicted octanol–water partition coefficient (Wildman–Crippen LogP) is 2.87. The van der Waals surface area contributed by atoms with Gasteiger partial charge in [-0.15, -0.1) is 0 Å². The Morgan fingerprint density at radius 2 is 1.79 bits per heavy atom. The summed E-state index contributed by atoms with van der Waals surface area (Å²) in [6, 6.07) is 13.7. The predicted molar refractivity (Wildman–Crippen MR) is 111 cm³/mol. The number of benzene rings is 2. The van der Waals surface area contributed by atoms with Crippen molar-refractivity contribution in [3.05, 3.63) is 54.4 Å². The topological polar surface area (TPSA) is 67.7 Å². The van der Waals surface area contributed by atoms with Gasteiger partial charge in [-0.3, -0.25) is 9.36 Å². The van der Waals surface area contributed by atoms with Crippen LogP contribution in [0.4, 0.5) is 5.69 Å². The van der Waals surface area contributed by atoms with Gasteiger partial charge in [-0.25, -0.2) is 9.78 Å². The van der Waals surface area contributed by atoms with Gasteiger partial charge in [0.2, 0.25) is 5.91 Å². The maximum Gasteiger partial charge on any atom is 0.338 e. The first kappa shape index (κ1) is 19.0. The number of hydrogen-bond donors (Lipinski definition) is 0. The molecule has 7 heteroatoms. The number of amides is 1. The summed E-state index contributed by atoms with van der Waals surface area (Å²) in [5, 5.41) is 0. The number of fused-ring (bicyclic) bond motifs is 1. The van der Waals surface area contributed by atoms with Crippen LogP contribution < -0.4 is 4.90 Å². The molecule has 0 saturated carbocycles. The molecular weight excluding hydrogens is 368 g/mol. The van der Waals surface area contributed by atoms with Crippen LogP contribution in [-0.4, -0.2) is 59.1 Å². The Hall–Kier alpha value is -3.35. The van der Waals surface area contributed by atoms with Crippen LogP contribution in [0.25, 0.3) is 16.7 Å². The van der Waals surface area contributed by atoms with E-state index in [0.29, 0.717) is 12.2 Å². The molecule has 4 rings (SSSR count). The van der Waals surface area contributed by atoms with Crippen molar-refractivity contribution in [1.29, 1.82) is 0 Å². The third-order valence-electron chi connectivity index (χ3n) is 5.26. The number of ether oxygens (including phenoxy) is 1. The molecule has 0 aliphatic carbocycles. The SMILES string of the molecule is CCOC(=O)c1ccc2c(c1)ncn2-c1cccc(N2CCN(C(C)=O)CC2)c1. The second-order valence-corrected chi connectivity index (χ2v) is 7.05. The smallest absolute Gasteiger partial charge is 0.338 e. The van der Waals surface area contributed by atoms with Gasteiger partial charge in [0, 0.05) is 44.5 Å². The van der Waals surface area contributed by atoms with Crippen molar-refractivity contribution in [1.82, 2.24) is 14.5 Å². The zero-order valence-electron chi connectivity index (χ0n) is 16.7. The summed E-state index contributed by atoms with van der Waals surface area (Å²) in [6.45, 7) is 6.87. The Labute approximate surface area is 169 Å². The highest BCUT2D eigenvalue weighted by atomic mass is 16.5. The molecule has 2 aromatic carbocycles. The lowest BCUT2D eigenvalue weighted by molar-refractivity contribution is -0.129. The van der Waals surface area contributed by atoms with E-state index < -0.39 is 0 Å². The van der Waals surface area contributed by atoms with Gasteiger partial charge >= 0.3 is 5.97 Å². The Kier molecular flexibility index (Phi) is 5.20. The number of carbonyl (C=O) groups is 2. The highest BCUT2D eigenvalue weighted by Crippen LogP contribution is 2.24. The van der Waals surface area contributed by atoms with Crippen LogP contribution in [0.5, 0.6) is 0 Å². The lowest BCUT2D eigenvalue weighted by Gasteiger charge is -2.35. The third-order valence-corrected chi connectivity index (χ3v) is 5.26. The highest BCUT2D eigenvalue weighted by molar-refractivity contribution is 5.94. The lowest BCUT2D eigenvalue weighted by Crippen LogP contribution is -2.48. The fourth-order valence-corrected chi connectivity index (χ4v) is 3.68. The second kappa shape index (κ2) is 7.95. The van der Waals surface area contributed by atoms with E-state index in [-0.39, 0.29) is 11.9 Å². The van der Waals surface area contributed by atoms with Crippen LogP contribution >= 0.6 is 0 Å². The van der Waals surface area contributed by atoms with Gasteiger partial charge in [-0.2, -0.15) is 0 Å². The van der Waals surface area contributed by atoms with Crippen molar-refractivity contribution in [2.45, 2.75) is 13.8 Å². The average Bonchev–Trinajstić information content (AvgIpc) is 3.17. The van der Waals surface area contributed by atoms with Crippen LogP contribution in [0.15, 0.2) is 48.8 Å². The maximum atomic E-state index is 12.0. The molecule has 2 heterocycles. The molecule has 0 atom stereocenters. The summed E-state index contributed by atoms with van der Waals surface area (Å²) < 4.78 is 7.08. The standard InChI is InChI=1S/C22H24N4O3/c1-3-29-22(28)17-7-8-21-20(13-17)23-15-26(21)19-6-4-5-18(14-19)25-11-9-24(10-12-25)16(2)27/h4-8,13-15H,3,9-12H2,1-2H3. The average molecular weight is 392 g/mol. The second-order valence-electron chi connectivity index (χ2n) is 7.05. The van der Waals surface area contributed by atoms with Crippen molar-refractivity contribution in [2.75, 3.05) is 37.7 Å². The van der Waals surface area contributed by atoms with E-state index >= 15 is 0 Å². The molecule has 1 aliphatic heterocycles. The number of nitrogens with zero attached hydrogens (tertiary/aromatic N) is 4. The van der Waals surface area contributed by atoms with Crippen molar-refractivity contribution in [2.24, 2.45) is 0 Å². The molecule has 150 valence electrons. The van der Waals surface area contributed by atoms with Gasteiger partial charge < -0.3 is 14.5 Å². The van der Waals surface area contributed by atoms with Crippen molar-refractivity contribution < 1.29 is 14.3 Å². The number of hydrogen-bond acceptors (Lipinski definition) is 5. The minimum atomic E-state index is -0.337. The molecule has 7 nitrogen and oxygen atoms in total. The largest absolute Gasteiger partial charge is 0.462 e. The number of esters is 1. The summed E-state index contributed by atoms with van der Waals surface area (Å²) in [4.78, 5) is 32.1. The lowest BCUT2D eigenvalue weighted by atomic mass is 10.2. The van der Waals surface area contributed by atoms with Gasteiger partial charge in [0.1, 0.15) is 6.33 Å². The van der Waals surface area contributed by atoms with Gasteiger partial charge in [0.15, 0.2) is 0 Å². The fraction of sp³-hybridized carbons (Fsp3) is 0.318. The molecule has 29 heavy (non-hydrogen) atoms. The number of anilines is 1. The number of imidazole rings is 1. The molecule has 0 N–H and O–H groups in total. The number of piperazine rings is 1. The first-order valence-corrected chi connectivity index (χ1v) is 9.82. The van der Waals surface area contributed by atoms with Gasteiger partial charge in [0.05, 0.1) is 23.2 Å². The van der Waals surface area contributed by atoms with Crippen LogP contribution in [0.2, 0.25) is 0 Å². The number of aromatic nitrogens is 2. The Morgan fingerprint density at radius 1 is 1.03 bits per heavy atom. The molecule has 1 fully saturated rings. The summed E-state index contributed by atoms with van der Waals surface area (Å²) in [5.74, 6) is -0.207. The van der Waals surface area contributed by atoms with Crippen molar-refractivity contribution in [3.8, 4) is 5.69 Å². The van der Waals surface area contributed by atoms with Gasteiger partial charge in [-0.05, 0) is 43.3 Å². The Morgan fingerprint density at radius 3 is 2.52 bits per heavy atom. The summed E-state index contributed by atoms with van der Waals surface area (Å²) in [7, 11) is 0. The fourth-order valence-electron chi connectivity index (χ4n) is 3.68. The zero-order chi connectivity index (χ0) is 20.4. The summed E-state index contributed by atoms with van der Waals surface area (Å²) in [6.07, 6.45) is 1.77. The van der Waals surface area contributed by atoms with Crippen LogP contribution in [-0.2, 0) is 9.53 Å². The molecule has 1 aromatic heterocycles. The molecule has 1 amide bonds. The molecular formula is C22H24N4O3. The normalized spacial score (nSPS) is 14.3. The van der Waals surface area contributed by atoms with E-state index in [4.69, 9.17) is 4.74 Å². The molecule has 0 spiro atoms. The quantitative estimate of drug-likeness (QED) is 0.639. The van der Waals surface area contributed by atoms with E-state index in [1.807, 2.05) is 27.7 Å². The molecule has 3 aromatic rings. The third kappa shape index (κ3) is 3.81. The molecule has 0 bridgehead atoms. The minimum Gasteiger partial charge on any atom is -0.462 e. The van der Waals surface area contributed by atoms with E-state index in [1.54, 1.807) is 32.3 Å². The minimum absolute atomic E-state index is 0.130. The first-order chi connectivity index (χ1) is 14.1. The van der Waals surface area contributed by atoms with Crippen LogP contribution in [0.1, 0.15) is 24.2 Å². The molecule has 0 radical (unpaired) electrons. The highest BCUT2D eigenvalue weighted by Gasteiger charge is 2.19. The van der Waals surface area contributed by atoms with Crippen LogP contribution in [0, 0.1) is 0 Å². The van der Waals surface area contributed by atoms with E-state index in [0.717, 1.165) is 48.6 Å². The Balaban J connectivity index is 1.59. The van der Waals surface area contributed by atoms with Crippen LogP contribution in [0.3, 0.4) is 0 Å². The van der Waals surface area contributed by atoms with Gasteiger partial charge in [-0.1, -0.05) is 6.07 Å². The monoisotopic (exact) mass is 392 g/mol. The van der Waals surface area contributed by atoms with Crippen molar-refractivity contribution >= 4 is 28.6 Å². The van der Waals surface area contributed by atoms with Gasteiger partial charge in [0.25, 0.3) is 0 Å². The molecule has 0 unspecified atom stereocenters. The summed E-state index contributed by atoms with van der Waals surface area (Å²) in [5.41, 5.74) is 4.30. The Bertz CT molecular complexity index is 1050. The van der Waals surface area contributed by atoms with Crippen molar-refractivity contribution in [3.63, 3.8) is 0 Å². The van der Waals surface area contributed by atoms with E-state index in [9.17, 15) is 9.59 Å². The molecule has 1 aliphatic rings. The maximum absolute atomic E-state index is 12.0. The summed E-state index contributed by atoms with van der Waals surface area (Å²) >= 11 is 0. The first-order valence-electron chi connectivity index (χ1n) is 9.82.